The van der Waals surface area contributed by atoms with E-state index in [1.54, 1.807) is 12.1 Å². The predicted molar refractivity (Wildman–Crippen MR) is 124 cm³/mol. The number of primary amides is 1. The summed E-state index contributed by atoms with van der Waals surface area (Å²) in [7, 11) is 0. The van der Waals surface area contributed by atoms with Crippen LogP contribution in [0.25, 0.3) is 22.4 Å². The first-order valence-corrected chi connectivity index (χ1v) is 10.7. The largest absolute Gasteiger partial charge is 0.366 e. The van der Waals surface area contributed by atoms with Gasteiger partial charge in [0.1, 0.15) is 11.1 Å². The predicted octanol–water partition coefficient (Wildman–Crippen LogP) is 5.68. The lowest BCUT2D eigenvalue weighted by Gasteiger charge is -2.13. The van der Waals surface area contributed by atoms with Gasteiger partial charge in [0.05, 0.1) is 11.3 Å². The van der Waals surface area contributed by atoms with E-state index in [1.165, 1.54) is 11.8 Å². The number of aromatic nitrogens is 1. The number of carbonyl (C=O) groups is 1. The molecule has 4 aromatic rings. The van der Waals surface area contributed by atoms with Crippen LogP contribution in [0.2, 0.25) is 0 Å². The molecule has 0 aliphatic rings. The molecule has 3 aromatic carbocycles. The lowest BCUT2D eigenvalue weighted by atomic mass is 9.99. The molecule has 0 saturated carbocycles. The Morgan fingerprint density at radius 1 is 0.903 bits per heavy atom. The number of thioether (sulfide) groups is 1. The van der Waals surface area contributed by atoms with Crippen molar-refractivity contribution in [1.82, 2.24) is 4.98 Å². The number of nitrogens with zero attached hydrogens (tertiary/aromatic N) is 2. The highest BCUT2D eigenvalue weighted by atomic mass is 32.2. The molecule has 0 atom stereocenters. The van der Waals surface area contributed by atoms with Crippen LogP contribution in [-0.4, -0.2) is 10.9 Å². The molecule has 1 amide bonds. The van der Waals surface area contributed by atoms with Crippen LogP contribution in [0.3, 0.4) is 0 Å². The third kappa shape index (κ3) is 4.50. The van der Waals surface area contributed by atoms with Crippen LogP contribution in [0.4, 0.5) is 0 Å². The van der Waals surface area contributed by atoms with Gasteiger partial charge in [-0.25, -0.2) is 4.98 Å². The van der Waals surface area contributed by atoms with E-state index in [4.69, 9.17) is 10.7 Å². The van der Waals surface area contributed by atoms with E-state index in [0.29, 0.717) is 21.9 Å². The summed E-state index contributed by atoms with van der Waals surface area (Å²) in [6.07, 6.45) is 0. The first-order valence-electron chi connectivity index (χ1n) is 9.74. The number of carbonyl (C=O) groups excluding carboxylic acids is 1. The summed E-state index contributed by atoms with van der Waals surface area (Å²) in [5.41, 5.74) is 10.9. The van der Waals surface area contributed by atoms with Gasteiger partial charge in [-0.3, -0.25) is 4.79 Å². The van der Waals surface area contributed by atoms with Crippen molar-refractivity contribution in [2.24, 2.45) is 5.73 Å². The van der Waals surface area contributed by atoms with Crippen molar-refractivity contribution in [1.29, 1.82) is 5.26 Å². The maximum absolute atomic E-state index is 11.8. The van der Waals surface area contributed by atoms with Gasteiger partial charge < -0.3 is 5.73 Å². The summed E-state index contributed by atoms with van der Waals surface area (Å²) < 4.78 is 0. The highest BCUT2D eigenvalue weighted by Gasteiger charge is 2.17. The Kier molecular flexibility index (Phi) is 6.11. The summed E-state index contributed by atoms with van der Waals surface area (Å²) in [4.78, 5) is 16.6. The van der Waals surface area contributed by atoms with E-state index >= 15 is 0 Å². The Morgan fingerprint density at radius 2 is 1.52 bits per heavy atom. The van der Waals surface area contributed by atoms with Crippen molar-refractivity contribution in [3.8, 4) is 28.5 Å². The van der Waals surface area contributed by atoms with E-state index in [-0.39, 0.29) is 0 Å². The minimum Gasteiger partial charge on any atom is -0.366 e. The first-order chi connectivity index (χ1) is 15.2. The van der Waals surface area contributed by atoms with Crippen molar-refractivity contribution in [3.63, 3.8) is 0 Å². The van der Waals surface area contributed by atoms with Crippen LogP contribution < -0.4 is 5.73 Å². The quantitative estimate of drug-likeness (QED) is 0.406. The maximum Gasteiger partial charge on any atom is 0.249 e. The second-order valence-electron chi connectivity index (χ2n) is 6.89. The number of pyridine rings is 1. The van der Waals surface area contributed by atoms with Crippen molar-refractivity contribution < 1.29 is 4.79 Å². The van der Waals surface area contributed by atoms with Crippen LogP contribution in [0.15, 0.2) is 96.0 Å². The highest BCUT2D eigenvalue weighted by molar-refractivity contribution is 7.98. The molecule has 1 heterocycles. The number of hydrogen-bond donors (Lipinski definition) is 1. The molecular formula is C26H19N3OS. The topological polar surface area (TPSA) is 79.8 Å². The molecular weight excluding hydrogens is 402 g/mol. The highest BCUT2D eigenvalue weighted by Crippen LogP contribution is 2.35. The number of nitrogens with two attached hydrogens (primary N) is 1. The Labute approximate surface area is 185 Å². The third-order valence-corrected chi connectivity index (χ3v) is 5.92. The zero-order valence-corrected chi connectivity index (χ0v) is 17.5. The summed E-state index contributed by atoms with van der Waals surface area (Å²) in [6.45, 7) is 0. The molecule has 0 bridgehead atoms. The average Bonchev–Trinajstić information content (AvgIpc) is 2.83. The number of hydrogen-bond acceptors (Lipinski definition) is 4. The Balaban J connectivity index is 1.81. The van der Waals surface area contributed by atoms with Crippen LogP contribution in [0, 0.1) is 11.3 Å². The molecule has 4 rings (SSSR count). The van der Waals surface area contributed by atoms with Crippen LogP contribution in [0.1, 0.15) is 21.5 Å². The molecule has 2 N–H and O–H groups in total. The second-order valence-corrected chi connectivity index (χ2v) is 7.85. The Morgan fingerprint density at radius 3 is 2.16 bits per heavy atom. The maximum atomic E-state index is 11.8. The summed E-state index contributed by atoms with van der Waals surface area (Å²) in [6, 6.07) is 31.3. The standard InChI is InChI=1S/C26H19N3OS/c27-16-23-22(18-9-3-1-4-10-18)15-24(19-11-5-2-6-12-19)29-26(23)31-17-20-13-7-8-14-21(20)25(28)30/h1-15H,17H2,(H2,28,30). The van der Waals surface area contributed by atoms with Gasteiger partial charge in [0.25, 0.3) is 0 Å². The molecule has 4 nitrogen and oxygen atoms in total. The van der Waals surface area contributed by atoms with Crippen molar-refractivity contribution in [2.45, 2.75) is 10.8 Å². The van der Waals surface area contributed by atoms with Crippen LogP contribution in [-0.2, 0) is 5.75 Å². The van der Waals surface area contributed by atoms with Crippen molar-refractivity contribution in [3.05, 3.63) is 108 Å². The van der Waals surface area contributed by atoms with E-state index < -0.39 is 5.91 Å². The fourth-order valence-electron chi connectivity index (χ4n) is 3.37. The van der Waals surface area contributed by atoms with Gasteiger partial charge in [-0.1, -0.05) is 78.9 Å². The molecule has 0 saturated heterocycles. The van der Waals surface area contributed by atoms with Crippen molar-refractivity contribution in [2.75, 3.05) is 0 Å². The smallest absolute Gasteiger partial charge is 0.249 e. The zero-order chi connectivity index (χ0) is 21.6. The van der Waals surface area contributed by atoms with E-state index in [1.807, 2.05) is 78.9 Å². The van der Waals surface area contributed by atoms with Gasteiger partial charge in [-0.2, -0.15) is 5.26 Å². The summed E-state index contributed by atoms with van der Waals surface area (Å²) in [5, 5.41) is 10.6. The van der Waals surface area contributed by atoms with E-state index in [2.05, 4.69) is 6.07 Å². The number of benzene rings is 3. The number of rotatable bonds is 6. The summed E-state index contributed by atoms with van der Waals surface area (Å²) >= 11 is 1.43. The van der Waals surface area contributed by atoms with Crippen molar-refractivity contribution >= 4 is 17.7 Å². The minimum absolute atomic E-state index is 0.465. The van der Waals surface area contributed by atoms with Gasteiger partial charge in [-0.15, -0.1) is 11.8 Å². The molecule has 0 spiro atoms. The van der Waals surface area contributed by atoms with Crippen LogP contribution >= 0.6 is 11.8 Å². The molecule has 1 aromatic heterocycles. The van der Waals surface area contributed by atoms with Gasteiger partial charge in [0.2, 0.25) is 5.91 Å². The lowest BCUT2D eigenvalue weighted by molar-refractivity contribution is 0.0999. The van der Waals surface area contributed by atoms with Gasteiger partial charge in [-0.05, 0) is 23.3 Å². The Hall–Kier alpha value is -3.88. The average molecular weight is 422 g/mol. The third-order valence-electron chi connectivity index (χ3n) is 4.90. The minimum atomic E-state index is -0.465. The SMILES string of the molecule is N#Cc1c(-c2ccccc2)cc(-c2ccccc2)nc1SCc1ccccc1C(N)=O. The molecule has 0 radical (unpaired) electrons. The first kappa shape index (κ1) is 20.4. The molecule has 5 heteroatoms. The normalized spacial score (nSPS) is 10.4. The number of nitriles is 1. The second kappa shape index (κ2) is 9.29. The summed E-state index contributed by atoms with van der Waals surface area (Å²) in [5.74, 6) is 0.0143. The number of amides is 1. The molecule has 150 valence electrons. The van der Waals surface area contributed by atoms with Gasteiger partial charge in [0.15, 0.2) is 0 Å². The van der Waals surface area contributed by atoms with Gasteiger partial charge in [0, 0.05) is 22.4 Å². The molecule has 0 fully saturated rings. The van der Waals surface area contributed by atoms with E-state index in [0.717, 1.165) is 27.9 Å². The fourth-order valence-corrected chi connectivity index (χ4v) is 4.38. The molecule has 0 aliphatic carbocycles. The molecule has 0 unspecified atom stereocenters. The van der Waals surface area contributed by atoms with Gasteiger partial charge >= 0.3 is 0 Å². The van der Waals surface area contributed by atoms with Crippen LogP contribution in [0.5, 0.6) is 0 Å². The zero-order valence-electron chi connectivity index (χ0n) is 16.7. The fraction of sp³-hybridized carbons (Fsp3) is 0.0385. The lowest BCUT2D eigenvalue weighted by Crippen LogP contribution is -2.13. The van der Waals surface area contributed by atoms with E-state index in [9.17, 15) is 10.1 Å². The molecule has 31 heavy (non-hydrogen) atoms. The Bertz CT molecular complexity index is 1270. The molecule has 0 aliphatic heterocycles. The monoisotopic (exact) mass is 421 g/mol.